The number of hydrogen-bond acceptors (Lipinski definition) is 2. The van der Waals surface area contributed by atoms with Gasteiger partial charge < -0.3 is 5.73 Å². The molecule has 0 saturated heterocycles. The van der Waals surface area contributed by atoms with Crippen molar-refractivity contribution in [2.24, 2.45) is 5.73 Å². The van der Waals surface area contributed by atoms with Crippen molar-refractivity contribution in [1.82, 2.24) is 0 Å². The third kappa shape index (κ3) is 2.05. The topological polar surface area (TPSA) is 26.0 Å². The van der Waals surface area contributed by atoms with Gasteiger partial charge in [-0.15, -0.1) is 11.3 Å². The molecular formula is C9H14FNS. The summed E-state index contributed by atoms with van der Waals surface area (Å²) in [5, 5.41) is 0. The van der Waals surface area contributed by atoms with E-state index in [1.165, 1.54) is 4.88 Å². The minimum atomic E-state index is -0.875. The second-order valence-corrected chi connectivity index (χ2v) is 4.37. The van der Waals surface area contributed by atoms with Crippen LogP contribution >= 0.6 is 11.3 Å². The van der Waals surface area contributed by atoms with Gasteiger partial charge in [-0.1, -0.05) is 0 Å². The van der Waals surface area contributed by atoms with Crippen LogP contribution in [-0.4, -0.2) is 6.54 Å². The standard InChI is InChI=1S/C9H14FNS/c1-6-5-8(7(2)12-6)9(10)3-4-11/h5,9H,3-4,11H2,1-2H3. The summed E-state index contributed by atoms with van der Waals surface area (Å²) in [6.07, 6.45) is -0.447. The van der Waals surface area contributed by atoms with E-state index in [0.29, 0.717) is 13.0 Å². The molecule has 3 heteroatoms. The van der Waals surface area contributed by atoms with Crippen molar-refractivity contribution in [2.75, 3.05) is 6.54 Å². The van der Waals surface area contributed by atoms with Gasteiger partial charge in [-0.3, -0.25) is 0 Å². The molecule has 1 atom stereocenters. The van der Waals surface area contributed by atoms with Crippen LogP contribution in [0.2, 0.25) is 0 Å². The first-order valence-corrected chi connectivity index (χ1v) is 4.88. The van der Waals surface area contributed by atoms with E-state index in [1.807, 2.05) is 19.9 Å². The Bertz CT molecular complexity index is 257. The molecule has 0 spiro atoms. The van der Waals surface area contributed by atoms with Crippen LogP contribution in [0.5, 0.6) is 0 Å². The van der Waals surface area contributed by atoms with Crippen LogP contribution < -0.4 is 5.73 Å². The zero-order valence-corrected chi connectivity index (χ0v) is 8.25. The Morgan fingerprint density at radius 3 is 2.67 bits per heavy atom. The van der Waals surface area contributed by atoms with Crippen molar-refractivity contribution in [3.63, 3.8) is 0 Å². The first-order chi connectivity index (χ1) is 5.65. The zero-order chi connectivity index (χ0) is 9.14. The second kappa shape index (κ2) is 4.01. The summed E-state index contributed by atoms with van der Waals surface area (Å²) < 4.78 is 13.3. The van der Waals surface area contributed by atoms with Gasteiger partial charge in [-0.05, 0) is 38.4 Å². The first-order valence-electron chi connectivity index (χ1n) is 4.06. The minimum Gasteiger partial charge on any atom is -0.330 e. The fourth-order valence-electron chi connectivity index (χ4n) is 1.26. The number of hydrogen-bond donors (Lipinski definition) is 1. The number of nitrogens with two attached hydrogens (primary N) is 1. The molecule has 0 saturated carbocycles. The molecule has 1 aromatic heterocycles. The maximum atomic E-state index is 13.3. The van der Waals surface area contributed by atoms with Gasteiger partial charge in [0.05, 0.1) is 0 Å². The fraction of sp³-hybridized carbons (Fsp3) is 0.556. The Morgan fingerprint density at radius 1 is 1.58 bits per heavy atom. The van der Waals surface area contributed by atoms with Crippen LogP contribution in [-0.2, 0) is 0 Å². The smallest absolute Gasteiger partial charge is 0.127 e. The lowest BCUT2D eigenvalue weighted by molar-refractivity contribution is 0.327. The van der Waals surface area contributed by atoms with Crippen LogP contribution in [0, 0.1) is 13.8 Å². The Morgan fingerprint density at radius 2 is 2.25 bits per heavy atom. The van der Waals surface area contributed by atoms with Gasteiger partial charge in [0.25, 0.3) is 0 Å². The van der Waals surface area contributed by atoms with Gasteiger partial charge in [-0.2, -0.15) is 0 Å². The summed E-state index contributed by atoms with van der Waals surface area (Å²) in [5.74, 6) is 0. The Kier molecular flexibility index (Phi) is 3.23. The molecule has 0 amide bonds. The van der Waals surface area contributed by atoms with Crippen LogP contribution in [0.4, 0.5) is 4.39 Å². The van der Waals surface area contributed by atoms with Gasteiger partial charge in [-0.25, -0.2) is 4.39 Å². The molecule has 0 fully saturated rings. The van der Waals surface area contributed by atoms with Crippen LogP contribution in [0.15, 0.2) is 6.07 Å². The zero-order valence-electron chi connectivity index (χ0n) is 7.43. The molecule has 1 nitrogen and oxygen atoms in total. The first kappa shape index (κ1) is 9.68. The van der Waals surface area contributed by atoms with Crippen molar-refractivity contribution in [3.8, 4) is 0 Å². The van der Waals surface area contributed by atoms with E-state index in [9.17, 15) is 4.39 Å². The summed E-state index contributed by atoms with van der Waals surface area (Å²) in [7, 11) is 0. The average Bonchev–Trinajstić information content (AvgIpc) is 2.30. The highest BCUT2D eigenvalue weighted by Gasteiger charge is 2.13. The van der Waals surface area contributed by atoms with Crippen LogP contribution in [0.25, 0.3) is 0 Å². The summed E-state index contributed by atoms with van der Waals surface area (Å²) in [5.41, 5.74) is 6.11. The highest BCUT2D eigenvalue weighted by molar-refractivity contribution is 7.12. The van der Waals surface area contributed by atoms with Crippen molar-refractivity contribution in [3.05, 3.63) is 21.4 Å². The highest BCUT2D eigenvalue weighted by atomic mass is 32.1. The molecule has 1 aromatic rings. The second-order valence-electron chi connectivity index (χ2n) is 2.91. The Balaban J connectivity index is 2.79. The average molecular weight is 187 g/mol. The summed E-state index contributed by atoms with van der Waals surface area (Å²) in [6.45, 7) is 4.36. The van der Waals surface area contributed by atoms with Gasteiger partial charge in [0, 0.05) is 9.75 Å². The van der Waals surface area contributed by atoms with E-state index in [1.54, 1.807) is 11.3 Å². The predicted molar refractivity (Wildman–Crippen MR) is 51.3 cm³/mol. The molecule has 0 radical (unpaired) electrons. The van der Waals surface area contributed by atoms with Crippen LogP contribution in [0.1, 0.15) is 27.9 Å². The SMILES string of the molecule is Cc1cc(C(F)CCN)c(C)s1. The third-order valence-electron chi connectivity index (χ3n) is 1.84. The molecule has 1 unspecified atom stereocenters. The summed E-state index contributed by atoms with van der Waals surface area (Å²) in [6, 6.07) is 1.92. The number of aryl methyl sites for hydroxylation is 2. The van der Waals surface area contributed by atoms with E-state index in [4.69, 9.17) is 5.73 Å². The number of halogens is 1. The van der Waals surface area contributed by atoms with E-state index in [2.05, 4.69) is 0 Å². The molecule has 0 aliphatic rings. The molecule has 1 heterocycles. The maximum absolute atomic E-state index is 13.3. The van der Waals surface area contributed by atoms with E-state index in [0.717, 1.165) is 10.4 Å². The summed E-state index contributed by atoms with van der Waals surface area (Å²) in [4.78, 5) is 2.25. The molecule has 2 N–H and O–H groups in total. The van der Waals surface area contributed by atoms with Gasteiger partial charge in [0.2, 0.25) is 0 Å². The highest BCUT2D eigenvalue weighted by Crippen LogP contribution is 2.30. The molecule has 0 bridgehead atoms. The van der Waals surface area contributed by atoms with E-state index in [-0.39, 0.29) is 0 Å². The fourth-order valence-corrected chi connectivity index (χ4v) is 2.24. The Labute approximate surface area is 76.4 Å². The Hall–Kier alpha value is -0.410. The molecule has 12 heavy (non-hydrogen) atoms. The molecular weight excluding hydrogens is 173 g/mol. The number of thiophene rings is 1. The largest absolute Gasteiger partial charge is 0.330 e. The van der Waals surface area contributed by atoms with Crippen molar-refractivity contribution in [2.45, 2.75) is 26.4 Å². The van der Waals surface area contributed by atoms with Crippen molar-refractivity contribution in [1.29, 1.82) is 0 Å². The predicted octanol–water partition coefficient (Wildman–Crippen LogP) is 2.72. The molecule has 1 rings (SSSR count). The lowest BCUT2D eigenvalue weighted by atomic mass is 10.1. The van der Waals surface area contributed by atoms with Crippen molar-refractivity contribution >= 4 is 11.3 Å². The van der Waals surface area contributed by atoms with E-state index < -0.39 is 6.17 Å². The van der Waals surface area contributed by atoms with Gasteiger partial charge in [0.1, 0.15) is 6.17 Å². The maximum Gasteiger partial charge on any atom is 0.127 e. The van der Waals surface area contributed by atoms with Crippen molar-refractivity contribution < 1.29 is 4.39 Å². The quantitative estimate of drug-likeness (QED) is 0.773. The van der Waals surface area contributed by atoms with E-state index >= 15 is 0 Å². The number of rotatable bonds is 3. The summed E-state index contributed by atoms with van der Waals surface area (Å²) >= 11 is 1.64. The molecule has 0 aliphatic heterocycles. The van der Waals surface area contributed by atoms with Gasteiger partial charge in [0.15, 0.2) is 0 Å². The molecule has 0 aromatic carbocycles. The van der Waals surface area contributed by atoms with Gasteiger partial charge >= 0.3 is 0 Å². The monoisotopic (exact) mass is 187 g/mol. The van der Waals surface area contributed by atoms with Crippen LogP contribution in [0.3, 0.4) is 0 Å². The number of alkyl halides is 1. The lowest BCUT2D eigenvalue weighted by Gasteiger charge is -2.04. The third-order valence-corrected chi connectivity index (χ3v) is 2.82. The molecule has 0 aliphatic carbocycles. The molecule has 68 valence electrons. The lowest BCUT2D eigenvalue weighted by Crippen LogP contribution is -2.03. The minimum absolute atomic E-state index is 0.412. The normalized spacial score (nSPS) is 13.3.